The number of carbonyl (C=O) groups excluding carboxylic acids is 2. The highest BCUT2D eigenvalue weighted by atomic mass is 35.5. The maximum Gasteiger partial charge on any atom is 0.338 e. The molecule has 1 aliphatic rings. The van der Waals surface area contributed by atoms with Crippen molar-refractivity contribution in [3.8, 4) is 17.2 Å². The first-order valence-corrected chi connectivity index (χ1v) is 11.3. The summed E-state index contributed by atoms with van der Waals surface area (Å²) in [4.78, 5) is 25.5. The largest absolute Gasteiger partial charge is 0.497 e. The van der Waals surface area contributed by atoms with Crippen LogP contribution in [0.15, 0.2) is 42.0 Å². The SMILES string of the molecule is CCOc1cc(C2NC(=O)NC(c3ccc(OC)cc3)=C2C(=O)OC)cc(Cl)c1OCC(C)C. The second-order valence-corrected chi connectivity index (χ2v) is 8.42. The van der Waals surface area contributed by atoms with Crippen molar-refractivity contribution < 1.29 is 28.5 Å². The lowest BCUT2D eigenvalue weighted by molar-refractivity contribution is -0.136. The smallest absolute Gasteiger partial charge is 0.338 e. The zero-order chi connectivity index (χ0) is 24.8. The Kier molecular flexibility index (Phi) is 8.28. The molecule has 9 heteroatoms. The van der Waals surface area contributed by atoms with E-state index in [9.17, 15) is 9.59 Å². The van der Waals surface area contributed by atoms with Gasteiger partial charge in [0, 0.05) is 0 Å². The molecule has 2 N–H and O–H groups in total. The van der Waals surface area contributed by atoms with Crippen molar-refractivity contribution in [1.82, 2.24) is 10.6 Å². The Hall–Kier alpha value is -3.39. The first-order valence-electron chi connectivity index (χ1n) is 10.9. The van der Waals surface area contributed by atoms with Gasteiger partial charge in [-0.25, -0.2) is 9.59 Å². The van der Waals surface area contributed by atoms with Gasteiger partial charge in [0.15, 0.2) is 11.5 Å². The van der Waals surface area contributed by atoms with E-state index in [0.29, 0.717) is 52.3 Å². The number of benzene rings is 2. The van der Waals surface area contributed by atoms with Gasteiger partial charge in [-0.2, -0.15) is 0 Å². The fourth-order valence-electron chi connectivity index (χ4n) is 3.54. The third kappa shape index (κ3) is 5.56. The zero-order valence-electron chi connectivity index (χ0n) is 19.9. The van der Waals surface area contributed by atoms with Gasteiger partial charge in [0.1, 0.15) is 5.75 Å². The van der Waals surface area contributed by atoms with Crippen molar-refractivity contribution in [3.05, 3.63) is 58.1 Å². The number of hydrogen-bond acceptors (Lipinski definition) is 6. The first kappa shape index (κ1) is 25.2. The maximum atomic E-state index is 12.9. The molecule has 0 radical (unpaired) electrons. The fraction of sp³-hybridized carbons (Fsp3) is 0.360. The molecule has 0 aliphatic carbocycles. The van der Waals surface area contributed by atoms with Gasteiger partial charge in [0.25, 0.3) is 0 Å². The normalized spacial score (nSPS) is 15.5. The molecule has 0 fully saturated rings. The van der Waals surface area contributed by atoms with E-state index in [2.05, 4.69) is 10.6 Å². The predicted molar refractivity (Wildman–Crippen MR) is 129 cm³/mol. The molecule has 34 heavy (non-hydrogen) atoms. The van der Waals surface area contributed by atoms with E-state index in [4.69, 9.17) is 30.5 Å². The van der Waals surface area contributed by atoms with Gasteiger partial charge in [-0.3, -0.25) is 0 Å². The Morgan fingerprint density at radius 2 is 1.82 bits per heavy atom. The van der Waals surface area contributed by atoms with Gasteiger partial charge >= 0.3 is 12.0 Å². The molecular weight excluding hydrogens is 460 g/mol. The van der Waals surface area contributed by atoms with Crippen LogP contribution in [0.5, 0.6) is 17.2 Å². The number of esters is 1. The quantitative estimate of drug-likeness (QED) is 0.496. The summed E-state index contributed by atoms with van der Waals surface area (Å²) in [6.45, 7) is 6.74. The van der Waals surface area contributed by atoms with Gasteiger partial charge in [-0.1, -0.05) is 25.4 Å². The lowest BCUT2D eigenvalue weighted by Gasteiger charge is -2.30. The minimum atomic E-state index is -0.839. The van der Waals surface area contributed by atoms with Crippen LogP contribution < -0.4 is 24.8 Å². The monoisotopic (exact) mass is 488 g/mol. The van der Waals surface area contributed by atoms with Crippen LogP contribution in [0.1, 0.15) is 37.9 Å². The summed E-state index contributed by atoms with van der Waals surface area (Å²) in [6, 6.07) is 9.05. The summed E-state index contributed by atoms with van der Waals surface area (Å²) in [5, 5.41) is 5.84. The third-order valence-corrected chi connectivity index (χ3v) is 5.36. The summed E-state index contributed by atoms with van der Waals surface area (Å²) in [6.07, 6.45) is 0. The van der Waals surface area contributed by atoms with Crippen molar-refractivity contribution in [1.29, 1.82) is 0 Å². The van der Waals surface area contributed by atoms with E-state index in [0.717, 1.165) is 0 Å². The van der Waals surface area contributed by atoms with Crippen LogP contribution >= 0.6 is 11.6 Å². The number of methoxy groups -OCH3 is 2. The van der Waals surface area contributed by atoms with Crippen LogP contribution in [0.2, 0.25) is 5.02 Å². The highest BCUT2D eigenvalue weighted by Crippen LogP contribution is 2.41. The molecule has 0 aromatic heterocycles. The van der Waals surface area contributed by atoms with Crippen LogP contribution in [0, 0.1) is 5.92 Å². The Morgan fingerprint density at radius 3 is 2.41 bits per heavy atom. The number of rotatable bonds is 9. The van der Waals surface area contributed by atoms with Crippen LogP contribution in [-0.2, 0) is 9.53 Å². The summed E-state index contributed by atoms with van der Waals surface area (Å²) in [5.41, 5.74) is 1.72. The average molecular weight is 489 g/mol. The molecule has 1 unspecified atom stereocenters. The van der Waals surface area contributed by atoms with E-state index in [-0.39, 0.29) is 11.5 Å². The second kappa shape index (κ2) is 11.2. The Labute approximate surface area is 204 Å². The molecule has 0 saturated carbocycles. The van der Waals surface area contributed by atoms with Crippen molar-refractivity contribution >= 4 is 29.3 Å². The minimum Gasteiger partial charge on any atom is -0.497 e. The van der Waals surface area contributed by atoms with Crippen LogP contribution in [-0.4, -0.2) is 39.4 Å². The van der Waals surface area contributed by atoms with Gasteiger partial charge in [-0.05, 0) is 60.4 Å². The number of hydrogen-bond donors (Lipinski definition) is 2. The van der Waals surface area contributed by atoms with E-state index < -0.39 is 18.0 Å². The average Bonchev–Trinajstić information content (AvgIpc) is 2.82. The van der Waals surface area contributed by atoms with Gasteiger partial charge in [-0.15, -0.1) is 0 Å². The topological polar surface area (TPSA) is 95.1 Å². The van der Waals surface area contributed by atoms with Gasteiger partial charge in [0.2, 0.25) is 0 Å². The van der Waals surface area contributed by atoms with Crippen molar-refractivity contribution in [2.45, 2.75) is 26.8 Å². The number of halogens is 1. The molecule has 1 heterocycles. The molecular formula is C25H29ClN2O6. The number of carbonyl (C=O) groups is 2. The van der Waals surface area contributed by atoms with E-state index in [1.807, 2.05) is 20.8 Å². The van der Waals surface area contributed by atoms with E-state index in [1.54, 1.807) is 43.5 Å². The lowest BCUT2D eigenvalue weighted by atomic mass is 9.92. The summed E-state index contributed by atoms with van der Waals surface area (Å²) in [7, 11) is 2.85. The number of nitrogens with one attached hydrogen (secondary N) is 2. The molecule has 1 atom stereocenters. The van der Waals surface area contributed by atoms with Crippen molar-refractivity contribution in [2.24, 2.45) is 5.92 Å². The second-order valence-electron chi connectivity index (χ2n) is 8.01. The van der Waals surface area contributed by atoms with Crippen LogP contribution in [0.3, 0.4) is 0 Å². The number of amides is 2. The molecule has 1 aliphatic heterocycles. The third-order valence-electron chi connectivity index (χ3n) is 5.08. The predicted octanol–water partition coefficient (Wildman–Crippen LogP) is 4.72. The Morgan fingerprint density at radius 1 is 1.12 bits per heavy atom. The van der Waals surface area contributed by atoms with Crippen molar-refractivity contribution in [2.75, 3.05) is 27.4 Å². The molecule has 182 valence electrons. The van der Waals surface area contributed by atoms with Crippen molar-refractivity contribution in [3.63, 3.8) is 0 Å². The molecule has 8 nitrogen and oxygen atoms in total. The molecule has 0 spiro atoms. The molecule has 3 rings (SSSR count). The van der Waals surface area contributed by atoms with E-state index in [1.165, 1.54) is 7.11 Å². The first-order chi connectivity index (χ1) is 16.3. The molecule has 0 bridgehead atoms. The molecule has 2 amide bonds. The number of urea groups is 1. The standard InChI is InChI=1S/C25H29ClN2O6/c1-6-33-19-12-16(11-18(26)23(19)34-13-14(2)3)22-20(24(29)32-5)21(27-25(30)28-22)15-7-9-17(31-4)10-8-15/h7-12,14,22H,6,13H2,1-5H3,(H2,27,28,30). The summed E-state index contributed by atoms with van der Waals surface area (Å²) < 4.78 is 21.9. The minimum absolute atomic E-state index is 0.224. The Balaban J connectivity index is 2.15. The summed E-state index contributed by atoms with van der Waals surface area (Å²) >= 11 is 6.58. The zero-order valence-corrected chi connectivity index (χ0v) is 20.6. The maximum absolute atomic E-state index is 12.9. The Bertz CT molecular complexity index is 1080. The highest BCUT2D eigenvalue weighted by Gasteiger charge is 2.35. The lowest BCUT2D eigenvalue weighted by Crippen LogP contribution is -2.45. The van der Waals surface area contributed by atoms with Crippen LogP contribution in [0.4, 0.5) is 4.79 Å². The van der Waals surface area contributed by atoms with Crippen LogP contribution in [0.25, 0.3) is 5.70 Å². The number of ether oxygens (including phenoxy) is 4. The summed E-state index contributed by atoms with van der Waals surface area (Å²) in [5.74, 6) is 1.17. The van der Waals surface area contributed by atoms with Gasteiger partial charge < -0.3 is 29.6 Å². The molecule has 0 saturated heterocycles. The highest BCUT2D eigenvalue weighted by molar-refractivity contribution is 6.32. The van der Waals surface area contributed by atoms with E-state index >= 15 is 0 Å². The fourth-order valence-corrected chi connectivity index (χ4v) is 3.81. The van der Waals surface area contributed by atoms with Gasteiger partial charge in [0.05, 0.1) is 49.8 Å². The molecule has 2 aromatic carbocycles. The molecule has 2 aromatic rings.